The number of halogens is 1. The summed E-state index contributed by atoms with van der Waals surface area (Å²) >= 11 is 8.24. The zero-order chi connectivity index (χ0) is 34.7. The fourth-order valence-electron chi connectivity index (χ4n) is 5.12. The second kappa shape index (κ2) is 14.7. The van der Waals surface area contributed by atoms with Crippen LogP contribution in [0, 0.1) is 0 Å². The lowest BCUT2D eigenvalue weighted by atomic mass is 10.0. The molecule has 21 heteroatoms. The van der Waals surface area contributed by atoms with Crippen LogP contribution in [-0.4, -0.2) is 102 Å². The summed E-state index contributed by atoms with van der Waals surface area (Å²) in [7, 11) is 0. The first-order chi connectivity index (χ1) is 22.9. The third-order valence-electron chi connectivity index (χ3n) is 7.41. The van der Waals surface area contributed by atoms with E-state index in [2.05, 4.69) is 25.8 Å². The summed E-state index contributed by atoms with van der Waals surface area (Å²) in [6.07, 6.45) is 1.02. The number of rotatable bonds is 15. The molecule has 2 aliphatic heterocycles. The van der Waals surface area contributed by atoms with Crippen LogP contribution >= 0.6 is 34.7 Å². The number of aliphatic carboxylic acids is 2. The third kappa shape index (κ3) is 7.02. The largest absolute Gasteiger partial charge is 0.543 e. The number of hydrogen-bond acceptors (Lipinski definition) is 15. The smallest absolute Gasteiger partial charge is 0.351 e. The van der Waals surface area contributed by atoms with E-state index in [1.165, 1.54) is 18.7 Å². The van der Waals surface area contributed by atoms with Gasteiger partial charge in [-0.15, -0.1) is 11.8 Å². The number of thioether (sulfide) groups is 1. The number of aliphatic hydroxyl groups excluding tert-OH is 1. The molecule has 2 amide bonds. The molecular weight excluding hydrogens is 692 g/mol. The lowest BCUT2D eigenvalue weighted by Gasteiger charge is -2.50. The number of nitrogen functional groups attached to an aromatic ring is 2. The van der Waals surface area contributed by atoms with Crippen molar-refractivity contribution >= 4 is 86.4 Å². The number of amides is 2. The van der Waals surface area contributed by atoms with Crippen molar-refractivity contribution in [1.29, 1.82) is 0 Å². The third-order valence-corrected chi connectivity index (χ3v) is 9.84. The molecule has 0 aromatic carbocycles. The number of hydrogen-bond donors (Lipinski definition) is 6. The van der Waals surface area contributed by atoms with Crippen LogP contribution in [-0.2, 0) is 37.1 Å². The molecular formula is C27H31ClN10O8S2. The lowest BCUT2D eigenvalue weighted by Crippen LogP contribution is -2.71. The van der Waals surface area contributed by atoms with Crippen molar-refractivity contribution in [2.45, 2.75) is 44.0 Å². The second-order valence-corrected chi connectivity index (χ2v) is 13.3. The zero-order valence-corrected chi connectivity index (χ0v) is 27.7. The Morgan fingerprint density at radius 3 is 2.75 bits per heavy atom. The Kier molecular flexibility index (Phi) is 10.7. The fourth-order valence-corrected chi connectivity index (χ4v) is 7.39. The molecule has 3 atom stereocenters. The van der Waals surface area contributed by atoms with Gasteiger partial charge in [0.2, 0.25) is 6.10 Å². The molecule has 0 saturated carbocycles. The molecule has 2 unspecified atom stereocenters. The van der Waals surface area contributed by atoms with Gasteiger partial charge < -0.3 is 47.1 Å². The van der Waals surface area contributed by atoms with Crippen molar-refractivity contribution in [3.8, 4) is 0 Å². The number of carbonyl (C=O) groups is 4. The van der Waals surface area contributed by atoms with Crippen LogP contribution in [0.15, 0.2) is 34.8 Å². The van der Waals surface area contributed by atoms with Crippen molar-refractivity contribution < 1.29 is 43.9 Å². The molecule has 3 aromatic heterocycles. The van der Waals surface area contributed by atoms with E-state index in [1.807, 2.05) is 10.6 Å². The number of carboxylic acid groups (broad SMARTS) is 2. The standard InChI is InChI=1S/C27H31ClN10O8S2/c1-12(24(42)43)46-35-16(15-19(28)48-27(30)33-15)21(40)32-17-22(41)38-18(25(44)45)13(11-47-23(17)38)10-36-7-2-4-14-20(36)34-26(29)37(14)8-3-5-31-6-9-39/h2,4,7,12,17,23,29,31,39H,3,5-6,8-11H2,1H3,(H5,30,32,33,40,42,43,44,45)/b35-16-/t12-,17?,23?/m0/s1. The molecule has 0 radical (unpaired) electrons. The Labute approximate surface area is 285 Å². The van der Waals surface area contributed by atoms with Crippen molar-refractivity contribution in [3.05, 3.63) is 39.6 Å². The van der Waals surface area contributed by atoms with Crippen molar-refractivity contribution in [2.24, 2.45) is 5.16 Å². The molecule has 8 N–H and O–H groups in total. The molecule has 18 nitrogen and oxygen atoms in total. The maximum absolute atomic E-state index is 13.4. The summed E-state index contributed by atoms with van der Waals surface area (Å²) in [5.41, 5.74) is 12.5. The van der Waals surface area contributed by atoms with Gasteiger partial charge in [-0.05, 0) is 37.0 Å². The van der Waals surface area contributed by atoms with Gasteiger partial charge in [-0.2, -0.15) is 0 Å². The van der Waals surface area contributed by atoms with E-state index in [4.69, 9.17) is 38.1 Å². The minimum absolute atomic E-state index is 0.00124. The summed E-state index contributed by atoms with van der Waals surface area (Å²) in [5, 5.41) is 39.0. The van der Waals surface area contributed by atoms with Gasteiger partial charge in [-0.1, -0.05) is 28.1 Å². The molecule has 48 heavy (non-hydrogen) atoms. The molecule has 1 fully saturated rings. The van der Waals surface area contributed by atoms with Crippen LogP contribution in [0.2, 0.25) is 4.34 Å². The van der Waals surface area contributed by atoms with E-state index in [1.54, 1.807) is 16.8 Å². The fraction of sp³-hybridized carbons (Fsp3) is 0.407. The van der Waals surface area contributed by atoms with Crippen LogP contribution in [0.3, 0.4) is 0 Å². The Morgan fingerprint density at radius 2 is 2.08 bits per heavy atom. The number of carbonyl (C=O) groups excluding carboxylic acids is 3. The zero-order valence-electron chi connectivity index (χ0n) is 25.3. The number of aliphatic hydroxyl groups is 1. The van der Waals surface area contributed by atoms with Crippen LogP contribution in [0.4, 0.5) is 11.1 Å². The maximum atomic E-state index is 13.4. The molecule has 1 saturated heterocycles. The predicted octanol–water partition coefficient (Wildman–Crippen LogP) is -2.13. The number of carboxylic acids is 2. The maximum Gasteiger partial charge on any atom is 0.351 e. The topological polar surface area (TPSA) is 267 Å². The minimum atomic E-state index is -1.57. The minimum Gasteiger partial charge on any atom is -0.543 e. The van der Waals surface area contributed by atoms with Crippen LogP contribution < -0.4 is 31.8 Å². The van der Waals surface area contributed by atoms with Gasteiger partial charge in [0, 0.05) is 24.4 Å². The molecule has 2 aliphatic rings. The number of pyridine rings is 1. The molecule has 5 heterocycles. The first-order valence-corrected chi connectivity index (χ1v) is 16.7. The quantitative estimate of drug-likeness (QED) is 0.0322. The molecule has 5 rings (SSSR count). The molecule has 0 bridgehead atoms. The number of nitrogens with two attached hydrogens (primary N) is 2. The number of anilines is 2. The Bertz CT molecular complexity index is 1830. The first-order valence-electron chi connectivity index (χ1n) is 14.5. The van der Waals surface area contributed by atoms with E-state index in [0.717, 1.165) is 28.2 Å². The van der Waals surface area contributed by atoms with Gasteiger partial charge in [0.25, 0.3) is 11.8 Å². The van der Waals surface area contributed by atoms with Crippen LogP contribution in [0.5, 0.6) is 0 Å². The average molecular weight is 723 g/mol. The number of β-lactam (4-membered cyclic amide) rings is 1. The number of thiazole rings is 1. The van der Waals surface area contributed by atoms with Gasteiger partial charge in [0.1, 0.15) is 33.5 Å². The number of imidazole rings is 1. The number of fused-ring (bicyclic) bond motifs is 2. The highest BCUT2D eigenvalue weighted by atomic mass is 35.5. The summed E-state index contributed by atoms with van der Waals surface area (Å²) in [6, 6.07) is 2.46. The van der Waals surface area contributed by atoms with E-state index >= 15 is 0 Å². The first kappa shape index (κ1) is 34.8. The highest BCUT2D eigenvalue weighted by Crippen LogP contribution is 2.40. The normalized spacial score (nSPS) is 18.4. The summed E-state index contributed by atoms with van der Waals surface area (Å²) in [6.45, 7) is 3.00. The molecule has 3 aromatic rings. The number of nitrogens with zero attached hydrogens (tertiary/aromatic N) is 6. The molecule has 0 spiro atoms. The Morgan fingerprint density at radius 1 is 1.31 bits per heavy atom. The van der Waals surface area contributed by atoms with Crippen molar-refractivity contribution in [2.75, 3.05) is 36.9 Å². The highest BCUT2D eigenvalue weighted by molar-refractivity contribution is 8.00. The van der Waals surface area contributed by atoms with Crippen molar-refractivity contribution in [1.82, 2.24) is 30.1 Å². The molecule has 256 valence electrons. The van der Waals surface area contributed by atoms with E-state index < -0.39 is 47.0 Å². The highest BCUT2D eigenvalue weighted by Gasteiger charge is 2.53. The SMILES string of the molecule is C[C@H](O/N=C(\C(=O)NC1C(=O)N2C(C(=O)[O-])=C(C[n+]3cccc4c3nc(N)n4CCCNCCO)CSC12)c1nc(N)sc1Cl)C(=O)O. The van der Waals surface area contributed by atoms with E-state index in [0.29, 0.717) is 30.9 Å². The second-order valence-electron chi connectivity index (χ2n) is 10.6. The number of nitrogens with one attached hydrogen (secondary N) is 2. The summed E-state index contributed by atoms with van der Waals surface area (Å²) in [4.78, 5) is 64.8. The lowest BCUT2D eigenvalue weighted by molar-refractivity contribution is -0.664. The van der Waals surface area contributed by atoms with E-state index in [-0.39, 0.29) is 45.7 Å². The monoisotopic (exact) mass is 722 g/mol. The predicted molar refractivity (Wildman–Crippen MR) is 172 cm³/mol. The van der Waals surface area contributed by atoms with Gasteiger partial charge in [-0.3, -0.25) is 19.1 Å². The van der Waals surface area contributed by atoms with Gasteiger partial charge in [-0.25, -0.2) is 14.3 Å². The molecule has 0 aliphatic carbocycles. The van der Waals surface area contributed by atoms with Crippen molar-refractivity contribution in [3.63, 3.8) is 0 Å². The van der Waals surface area contributed by atoms with Crippen LogP contribution in [0.1, 0.15) is 19.0 Å². The van der Waals surface area contributed by atoms with Gasteiger partial charge >= 0.3 is 17.6 Å². The number of aromatic nitrogens is 4. The summed E-state index contributed by atoms with van der Waals surface area (Å²) < 4.78 is 3.55. The van der Waals surface area contributed by atoms with Crippen LogP contribution in [0.25, 0.3) is 11.2 Å². The number of aryl methyl sites for hydroxylation is 1. The average Bonchev–Trinajstić information content (AvgIpc) is 3.56. The summed E-state index contributed by atoms with van der Waals surface area (Å²) in [5.74, 6) is -4.14. The van der Waals surface area contributed by atoms with E-state index in [9.17, 15) is 24.3 Å². The van der Waals surface area contributed by atoms with Gasteiger partial charge in [0.15, 0.2) is 10.8 Å². The Balaban J connectivity index is 1.35. The number of oxime groups is 1. The Hall–Kier alpha value is -4.50. The van der Waals surface area contributed by atoms with Gasteiger partial charge in [0.05, 0.1) is 24.5 Å².